The minimum Gasteiger partial charge on any atom is -0.469 e. The van der Waals surface area contributed by atoms with Crippen LogP contribution in [0.1, 0.15) is 19.3 Å². The number of carbonyl (C=O) groups excluding carboxylic acids is 1. The molecule has 0 aromatic carbocycles. The molecule has 2 saturated heterocycles. The van der Waals surface area contributed by atoms with E-state index in [0.717, 1.165) is 0 Å². The molecule has 3 rings (SSSR count). The third kappa shape index (κ3) is 4.49. The first-order valence-corrected chi connectivity index (χ1v) is 10.2. The second-order valence-electron chi connectivity index (χ2n) is 6.86. The number of esters is 1. The Hall–Kier alpha value is -1.53. The van der Waals surface area contributed by atoms with Gasteiger partial charge in [0.15, 0.2) is 5.03 Å². The van der Waals surface area contributed by atoms with Crippen molar-refractivity contribution in [2.24, 2.45) is 7.05 Å². The van der Waals surface area contributed by atoms with Gasteiger partial charge in [-0.3, -0.25) is 4.79 Å². The van der Waals surface area contributed by atoms with Gasteiger partial charge in [-0.15, -0.1) is 0 Å². The zero-order valence-corrected chi connectivity index (χ0v) is 16.2. The van der Waals surface area contributed by atoms with Crippen molar-refractivity contribution in [1.29, 1.82) is 0 Å². The Labute approximate surface area is 158 Å². The Morgan fingerprint density at radius 2 is 2.19 bits per heavy atom. The zero-order chi connectivity index (χ0) is 19.6. The van der Waals surface area contributed by atoms with E-state index in [-0.39, 0.29) is 43.3 Å². The molecule has 27 heavy (non-hydrogen) atoms. The summed E-state index contributed by atoms with van der Waals surface area (Å²) in [5, 5.41) is 10.1. The van der Waals surface area contributed by atoms with Crippen LogP contribution < -0.4 is 0 Å². The summed E-state index contributed by atoms with van der Waals surface area (Å²) in [6.45, 7) is 0.0290. The third-order valence-corrected chi connectivity index (χ3v) is 6.59. The van der Waals surface area contributed by atoms with Crippen molar-refractivity contribution < 1.29 is 32.5 Å². The van der Waals surface area contributed by atoms with E-state index in [4.69, 9.17) is 9.47 Å². The number of hydrogen-bond donors (Lipinski definition) is 1. The molecule has 0 bridgehead atoms. The Kier molecular flexibility index (Phi) is 6.16. The van der Waals surface area contributed by atoms with Gasteiger partial charge in [-0.05, 0) is 12.8 Å². The number of sulfonamides is 1. The summed E-state index contributed by atoms with van der Waals surface area (Å²) in [4.78, 5) is 15.5. The number of aliphatic hydroxyl groups excluding tert-OH is 1. The molecule has 3 heterocycles. The number of aryl methyl sites for hydroxylation is 1. The quantitative estimate of drug-likeness (QED) is 0.654. The second kappa shape index (κ2) is 8.23. The highest BCUT2D eigenvalue weighted by atomic mass is 32.2. The van der Waals surface area contributed by atoms with E-state index in [2.05, 4.69) is 9.72 Å². The number of imidazole rings is 1. The molecule has 2 fully saturated rings. The third-order valence-electron chi connectivity index (χ3n) is 4.81. The molecule has 2 aliphatic rings. The Morgan fingerprint density at radius 3 is 2.85 bits per heavy atom. The average molecular weight is 403 g/mol. The first kappa shape index (κ1) is 20.2. The number of methoxy groups -OCH3 is 1. The van der Waals surface area contributed by atoms with Crippen LogP contribution in [0.5, 0.6) is 0 Å². The summed E-state index contributed by atoms with van der Waals surface area (Å²) in [5.41, 5.74) is 0. The number of nitrogens with zero attached hydrogens (tertiary/aromatic N) is 3. The highest BCUT2D eigenvalue weighted by Crippen LogP contribution is 2.31. The lowest BCUT2D eigenvalue weighted by atomic mass is 9.96. The second-order valence-corrected chi connectivity index (χ2v) is 8.70. The van der Waals surface area contributed by atoms with Crippen LogP contribution in [0.3, 0.4) is 0 Å². The normalized spacial score (nSPS) is 30.2. The highest BCUT2D eigenvalue weighted by Gasteiger charge is 2.43. The van der Waals surface area contributed by atoms with Crippen LogP contribution >= 0.6 is 0 Å². The molecular formula is C16H25N3O7S. The Bertz CT molecular complexity index is 766. The maximum Gasteiger partial charge on any atom is 0.308 e. The minimum atomic E-state index is -3.92. The van der Waals surface area contributed by atoms with E-state index in [9.17, 15) is 18.3 Å². The fourth-order valence-electron chi connectivity index (χ4n) is 3.48. The number of carbonyl (C=O) groups is 1. The number of ether oxygens (including phenoxy) is 3. The maximum absolute atomic E-state index is 13.1. The molecule has 0 aliphatic carbocycles. The van der Waals surface area contributed by atoms with E-state index in [1.165, 1.54) is 23.9 Å². The van der Waals surface area contributed by atoms with Gasteiger partial charge in [-0.2, -0.15) is 4.31 Å². The lowest BCUT2D eigenvalue weighted by Gasteiger charge is -2.43. The molecule has 1 aromatic rings. The van der Waals surface area contributed by atoms with Crippen LogP contribution in [0, 0.1) is 0 Å². The van der Waals surface area contributed by atoms with E-state index in [1.807, 2.05) is 0 Å². The van der Waals surface area contributed by atoms with Crippen molar-refractivity contribution in [2.45, 2.75) is 48.6 Å². The van der Waals surface area contributed by atoms with Gasteiger partial charge >= 0.3 is 5.97 Å². The van der Waals surface area contributed by atoms with Crippen LogP contribution in [0.4, 0.5) is 0 Å². The molecule has 0 amide bonds. The van der Waals surface area contributed by atoms with Crippen molar-refractivity contribution in [1.82, 2.24) is 13.9 Å². The molecule has 152 valence electrons. The van der Waals surface area contributed by atoms with Crippen LogP contribution in [-0.2, 0) is 36.1 Å². The zero-order valence-electron chi connectivity index (χ0n) is 15.4. The molecule has 1 aromatic heterocycles. The summed E-state index contributed by atoms with van der Waals surface area (Å²) < 4.78 is 45.2. The molecule has 0 radical (unpaired) electrons. The van der Waals surface area contributed by atoms with Crippen LogP contribution in [0.15, 0.2) is 17.6 Å². The largest absolute Gasteiger partial charge is 0.469 e. The highest BCUT2D eigenvalue weighted by molar-refractivity contribution is 7.89. The molecule has 0 unspecified atom stereocenters. The predicted molar refractivity (Wildman–Crippen MR) is 92.2 cm³/mol. The summed E-state index contributed by atoms with van der Waals surface area (Å²) >= 11 is 0. The van der Waals surface area contributed by atoms with Crippen molar-refractivity contribution in [3.63, 3.8) is 0 Å². The number of fused-ring (bicyclic) bond motifs is 1. The molecule has 4 atom stereocenters. The summed E-state index contributed by atoms with van der Waals surface area (Å²) in [7, 11) is -0.913. The SMILES string of the molecule is COC(=O)C[C@@H]1CC[C@@H]2[C@H](COC[C@@H](O)CN2S(=O)(=O)c2cn(C)cn2)O1. The van der Waals surface area contributed by atoms with Gasteiger partial charge < -0.3 is 23.9 Å². The van der Waals surface area contributed by atoms with Gasteiger partial charge in [0.05, 0.1) is 57.4 Å². The molecule has 11 heteroatoms. The van der Waals surface area contributed by atoms with Crippen LogP contribution in [0.2, 0.25) is 0 Å². The van der Waals surface area contributed by atoms with E-state index >= 15 is 0 Å². The molecule has 10 nitrogen and oxygen atoms in total. The van der Waals surface area contributed by atoms with Gasteiger partial charge in [0.25, 0.3) is 10.0 Å². The first-order chi connectivity index (χ1) is 12.8. The minimum absolute atomic E-state index is 0.00247. The monoisotopic (exact) mass is 403 g/mol. The van der Waals surface area contributed by atoms with Gasteiger partial charge in [-0.25, -0.2) is 13.4 Å². The topological polar surface area (TPSA) is 120 Å². The number of rotatable bonds is 4. The van der Waals surface area contributed by atoms with Crippen molar-refractivity contribution >= 4 is 16.0 Å². The van der Waals surface area contributed by atoms with Gasteiger partial charge in [0.2, 0.25) is 0 Å². The fourth-order valence-corrected chi connectivity index (χ4v) is 5.17. The molecule has 0 spiro atoms. The van der Waals surface area contributed by atoms with Crippen molar-refractivity contribution in [3.8, 4) is 0 Å². The van der Waals surface area contributed by atoms with Crippen LogP contribution in [0.25, 0.3) is 0 Å². The van der Waals surface area contributed by atoms with Gasteiger partial charge in [-0.1, -0.05) is 0 Å². The number of aromatic nitrogens is 2. The van der Waals surface area contributed by atoms with Crippen molar-refractivity contribution in [2.75, 3.05) is 26.9 Å². The molecule has 1 N–H and O–H groups in total. The lowest BCUT2D eigenvalue weighted by Crippen LogP contribution is -2.57. The average Bonchev–Trinajstić information content (AvgIpc) is 3.06. The van der Waals surface area contributed by atoms with Crippen molar-refractivity contribution in [3.05, 3.63) is 12.5 Å². The molecular weight excluding hydrogens is 378 g/mol. The summed E-state index contributed by atoms with van der Waals surface area (Å²) in [6, 6.07) is -0.513. The Morgan fingerprint density at radius 1 is 1.41 bits per heavy atom. The van der Waals surface area contributed by atoms with Crippen LogP contribution in [-0.4, -0.2) is 84.6 Å². The molecule has 0 saturated carbocycles. The maximum atomic E-state index is 13.1. The van der Waals surface area contributed by atoms with Gasteiger partial charge in [0.1, 0.15) is 0 Å². The lowest BCUT2D eigenvalue weighted by molar-refractivity contribution is -0.157. The summed E-state index contributed by atoms with van der Waals surface area (Å²) in [6.07, 6.45) is 2.08. The number of β-amino-alcohol motifs (C(OH)–C–C–N with tert-alkyl or cyclic N) is 1. The van der Waals surface area contributed by atoms with E-state index < -0.39 is 28.3 Å². The number of hydrogen-bond acceptors (Lipinski definition) is 8. The molecule has 2 aliphatic heterocycles. The van der Waals surface area contributed by atoms with Gasteiger partial charge in [0, 0.05) is 19.8 Å². The smallest absolute Gasteiger partial charge is 0.308 e. The van der Waals surface area contributed by atoms with E-state index in [0.29, 0.717) is 12.8 Å². The fraction of sp³-hybridized carbons (Fsp3) is 0.750. The standard InChI is InChI=1S/C16H25N3O7S/c1-18-7-15(17-10-18)27(22,23)19-6-11(20)8-25-9-14-13(19)4-3-12(26-14)5-16(21)24-2/h7,10-14,20H,3-6,8-9H2,1-2H3/t11-,12-,13+,14-/m0/s1. The Balaban J connectivity index is 1.84. The van der Waals surface area contributed by atoms with E-state index in [1.54, 1.807) is 11.6 Å². The summed E-state index contributed by atoms with van der Waals surface area (Å²) in [5.74, 6) is -0.376. The predicted octanol–water partition coefficient (Wildman–Crippen LogP) is -0.719. The number of aliphatic hydroxyl groups is 1. The first-order valence-electron chi connectivity index (χ1n) is 8.79.